The van der Waals surface area contributed by atoms with Crippen molar-refractivity contribution in [2.24, 2.45) is 0 Å². The Morgan fingerprint density at radius 1 is 1.36 bits per heavy atom. The maximum absolute atomic E-state index is 11.2. The minimum absolute atomic E-state index is 0.163. The van der Waals surface area contributed by atoms with E-state index in [4.69, 9.17) is 4.74 Å². The smallest absolute Gasteiger partial charge is 0.354 e. The summed E-state index contributed by atoms with van der Waals surface area (Å²) in [5, 5.41) is 9.18. The summed E-state index contributed by atoms with van der Waals surface area (Å²) in [6, 6.07) is 0.326. The highest BCUT2D eigenvalue weighted by Gasteiger charge is 2.65. The molecule has 1 rings (SSSR count). The maximum atomic E-state index is 11.2. The van der Waals surface area contributed by atoms with Gasteiger partial charge in [0.25, 0.3) is 0 Å². The van der Waals surface area contributed by atoms with Gasteiger partial charge in [0.15, 0.2) is 0 Å². The molecule has 1 aliphatic heterocycles. The van der Waals surface area contributed by atoms with Crippen LogP contribution in [0.1, 0.15) is 34.6 Å². The molecule has 14 heavy (non-hydrogen) atoms. The van der Waals surface area contributed by atoms with E-state index >= 15 is 0 Å². The molecule has 82 valence electrons. The molecule has 0 radical (unpaired) electrons. The molecule has 0 unspecified atom stereocenters. The Balaban J connectivity index is 2.93. The Labute approximate surface area is 84.8 Å². The first-order chi connectivity index (χ1) is 6.34. The van der Waals surface area contributed by atoms with Gasteiger partial charge in [0, 0.05) is 12.1 Å². The van der Waals surface area contributed by atoms with Crippen LogP contribution < -0.4 is 0 Å². The van der Waals surface area contributed by atoms with Crippen LogP contribution in [0.4, 0.5) is 0 Å². The molecule has 0 aromatic rings. The van der Waals surface area contributed by atoms with Gasteiger partial charge in [-0.05, 0) is 34.6 Å². The van der Waals surface area contributed by atoms with Crippen LogP contribution in [0.15, 0.2) is 0 Å². The first-order valence-electron chi connectivity index (χ1n) is 5.03. The van der Waals surface area contributed by atoms with E-state index in [0.717, 1.165) is 0 Å². The zero-order chi connectivity index (χ0) is 11.1. The molecule has 0 bridgehead atoms. The normalized spacial score (nSPS) is 31.6. The average molecular weight is 201 g/mol. The van der Waals surface area contributed by atoms with E-state index in [9.17, 15) is 9.90 Å². The van der Waals surface area contributed by atoms with Gasteiger partial charge < -0.3 is 9.84 Å². The van der Waals surface area contributed by atoms with Crippen LogP contribution >= 0.6 is 0 Å². The lowest BCUT2D eigenvalue weighted by Gasteiger charge is -2.34. The number of rotatable bonds is 4. The molecule has 1 aliphatic rings. The molecule has 0 amide bonds. The SMILES string of the molecule is CC(C)N(C(C)C)[C@]1(C(=O)O)O[C@@H]1C. The topological polar surface area (TPSA) is 53.1 Å². The summed E-state index contributed by atoms with van der Waals surface area (Å²) in [5.74, 6) is -0.882. The number of ether oxygens (including phenoxy) is 1. The fourth-order valence-corrected chi connectivity index (χ4v) is 2.20. The molecule has 1 N–H and O–H groups in total. The van der Waals surface area contributed by atoms with E-state index in [0.29, 0.717) is 0 Å². The third kappa shape index (κ3) is 1.53. The lowest BCUT2D eigenvalue weighted by atomic mass is 10.1. The van der Waals surface area contributed by atoms with Gasteiger partial charge >= 0.3 is 5.97 Å². The summed E-state index contributed by atoms with van der Waals surface area (Å²) in [6.07, 6.45) is -0.218. The lowest BCUT2D eigenvalue weighted by Crippen LogP contribution is -2.53. The van der Waals surface area contributed by atoms with E-state index in [1.165, 1.54) is 0 Å². The van der Waals surface area contributed by atoms with E-state index < -0.39 is 11.7 Å². The van der Waals surface area contributed by atoms with Crippen LogP contribution in [-0.4, -0.2) is 39.9 Å². The van der Waals surface area contributed by atoms with Crippen molar-refractivity contribution < 1.29 is 14.6 Å². The number of carboxylic acid groups (broad SMARTS) is 1. The quantitative estimate of drug-likeness (QED) is 0.697. The van der Waals surface area contributed by atoms with Gasteiger partial charge in [0.05, 0.1) is 0 Å². The molecule has 1 fully saturated rings. The first-order valence-corrected chi connectivity index (χ1v) is 5.03. The molecular weight excluding hydrogens is 182 g/mol. The Morgan fingerprint density at radius 3 is 1.79 bits per heavy atom. The monoisotopic (exact) mass is 201 g/mol. The second-order valence-electron chi connectivity index (χ2n) is 4.36. The van der Waals surface area contributed by atoms with Crippen LogP contribution in [0.2, 0.25) is 0 Å². The largest absolute Gasteiger partial charge is 0.478 e. The zero-order valence-electron chi connectivity index (χ0n) is 9.44. The predicted molar refractivity (Wildman–Crippen MR) is 53.0 cm³/mol. The summed E-state index contributed by atoms with van der Waals surface area (Å²) in [5.41, 5.74) is -1.08. The van der Waals surface area contributed by atoms with E-state index in [1.807, 2.05) is 32.6 Å². The highest BCUT2D eigenvalue weighted by atomic mass is 16.7. The molecule has 0 aliphatic carbocycles. The Bertz CT molecular complexity index is 232. The number of aliphatic carboxylic acids is 1. The fourth-order valence-electron chi connectivity index (χ4n) is 2.20. The molecule has 0 aromatic heterocycles. The van der Waals surface area contributed by atoms with E-state index in [1.54, 1.807) is 6.92 Å². The molecule has 0 spiro atoms. The number of hydrogen-bond acceptors (Lipinski definition) is 3. The number of carbonyl (C=O) groups is 1. The molecule has 1 heterocycles. The maximum Gasteiger partial charge on any atom is 0.354 e. The molecule has 2 atom stereocenters. The van der Waals surface area contributed by atoms with Gasteiger partial charge in [-0.2, -0.15) is 0 Å². The van der Waals surface area contributed by atoms with Crippen molar-refractivity contribution in [2.45, 2.75) is 58.5 Å². The molecule has 4 heteroatoms. The minimum atomic E-state index is -1.08. The Kier molecular flexibility index (Phi) is 2.88. The highest BCUT2D eigenvalue weighted by Crippen LogP contribution is 2.42. The van der Waals surface area contributed by atoms with Crippen LogP contribution in [0.3, 0.4) is 0 Å². The van der Waals surface area contributed by atoms with Crippen molar-refractivity contribution in [1.82, 2.24) is 4.90 Å². The molecule has 0 saturated carbocycles. The van der Waals surface area contributed by atoms with Gasteiger partial charge in [-0.15, -0.1) is 0 Å². The van der Waals surface area contributed by atoms with Gasteiger partial charge in [-0.3, -0.25) is 4.90 Å². The molecule has 4 nitrogen and oxygen atoms in total. The predicted octanol–water partition coefficient (Wildman–Crippen LogP) is 1.30. The summed E-state index contributed by atoms with van der Waals surface area (Å²) in [6.45, 7) is 9.74. The summed E-state index contributed by atoms with van der Waals surface area (Å²) >= 11 is 0. The van der Waals surface area contributed by atoms with Crippen molar-refractivity contribution in [2.75, 3.05) is 0 Å². The standard InChI is InChI=1S/C10H19NO3/c1-6(2)11(7(3)4)10(9(12)13)8(5)14-10/h6-8H,1-5H3,(H,12,13)/t8-,10+/m1/s1. The first kappa shape index (κ1) is 11.5. The summed E-state index contributed by atoms with van der Waals surface area (Å²) in [7, 11) is 0. The van der Waals surface area contributed by atoms with Crippen molar-refractivity contribution in [1.29, 1.82) is 0 Å². The van der Waals surface area contributed by atoms with Crippen LogP contribution in [0.25, 0.3) is 0 Å². The average Bonchev–Trinajstić information content (AvgIpc) is 2.61. The van der Waals surface area contributed by atoms with Gasteiger partial charge in [0.1, 0.15) is 6.10 Å². The van der Waals surface area contributed by atoms with Crippen molar-refractivity contribution in [3.8, 4) is 0 Å². The van der Waals surface area contributed by atoms with Crippen LogP contribution in [-0.2, 0) is 9.53 Å². The van der Waals surface area contributed by atoms with Crippen molar-refractivity contribution >= 4 is 5.97 Å². The third-order valence-electron chi connectivity index (χ3n) is 2.65. The van der Waals surface area contributed by atoms with E-state index in [2.05, 4.69) is 0 Å². The van der Waals surface area contributed by atoms with Crippen LogP contribution in [0.5, 0.6) is 0 Å². The number of carboxylic acids is 1. The molecule has 1 saturated heterocycles. The minimum Gasteiger partial charge on any atom is -0.478 e. The van der Waals surface area contributed by atoms with E-state index in [-0.39, 0.29) is 18.2 Å². The third-order valence-corrected chi connectivity index (χ3v) is 2.65. The summed E-state index contributed by atoms with van der Waals surface area (Å²) < 4.78 is 5.28. The van der Waals surface area contributed by atoms with Gasteiger partial charge in [-0.1, -0.05) is 0 Å². The highest BCUT2D eigenvalue weighted by molar-refractivity contribution is 5.80. The van der Waals surface area contributed by atoms with Gasteiger partial charge in [-0.25, -0.2) is 4.79 Å². The number of hydrogen-bond donors (Lipinski definition) is 1. The number of epoxide rings is 1. The second-order valence-corrected chi connectivity index (χ2v) is 4.36. The zero-order valence-corrected chi connectivity index (χ0v) is 9.44. The molecular formula is C10H19NO3. The van der Waals surface area contributed by atoms with Crippen LogP contribution in [0, 0.1) is 0 Å². The Morgan fingerprint density at radius 2 is 1.71 bits per heavy atom. The van der Waals surface area contributed by atoms with Crippen molar-refractivity contribution in [3.05, 3.63) is 0 Å². The second kappa shape index (κ2) is 3.51. The fraction of sp³-hybridized carbons (Fsp3) is 0.900. The molecule has 0 aromatic carbocycles. The lowest BCUT2D eigenvalue weighted by molar-refractivity contribution is -0.154. The Hall–Kier alpha value is -0.610. The number of nitrogens with zero attached hydrogens (tertiary/aromatic N) is 1. The summed E-state index contributed by atoms with van der Waals surface area (Å²) in [4.78, 5) is 13.1. The van der Waals surface area contributed by atoms with Gasteiger partial charge in [0.2, 0.25) is 5.72 Å². The van der Waals surface area contributed by atoms with Crippen molar-refractivity contribution in [3.63, 3.8) is 0 Å².